The largest absolute Gasteiger partial charge is 0.354 e. The van der Waals surface area contributed by atoms with Gasteiger partial charge in [-0.05, 0) is 36.2 Å². The quantitative estimate of drug-likeness (QED) is 0.838. The van der Waals surface area contributed by atoms with Gasteiger partial charge in [0.25, 0.3) is 0 Å². The lowest BCUT2D eigenvalue weighted by Gasteiger charge is -2.19. The second-order valence-corrected chi connectivity index (χ2v) is 4.78. The topological polar surface area (TPSA) is 55.0 Å². The molecule has 1 aliphatic heterocycles. The average Bonchev–Trinajstić information content (AvgIpc) is 2.58. The lowest BCUT2D eigenvalue weighted by molar-refractivity contribution is 0.750. The lowest BCUT2D eigenvalue weighted by Crippen LogP contribution is -2.27. The molecule has 15 heavy (non-hydrogen) atoms. The molecule has 0 spiro atoms. The zero-order valence-corrected chi connectivity index (χ0v) is 10.6. The number of nitrogens with zero attached hydrogens (tertiary/aromatic N) is 3. The zero-order chi connectivity index (χ0) is 11.0. The molecule has 1 atom stereocenters. The third kappa shape index (κ3) is 2.13. The minimum Gasteiger partial charge on any atom is -0.354 e. The Balaban J connectivity index is 2.35. The van der Waals surface area contributed by atoms with E-state index in [1.165, 1.54) is 0 Å². The molecule has 1 unspecified atom stereocenters. The SMILES string of the molecule is Cc1nc(C)c(Br)c(N2CCC(N)C2)n1. The van der Waals surface area contributed by atoms with Crippen molar-refractivity contribution in [3.05, 3.63) is 16.0 Å². The molecule has 1 saturated heterocycles. The Morgan fingerprint density at radius 1 is 1.40 bits per heavy atom. The number of rotatable bonds is 1. The summed E-state index contributed by atoms with van der Waals surface area (Å²) in [5.74, 6) is 1.79. The molecule has 0 radical (unpaired) electrons. The number of nitrogens with two attached hydrogens (primary N) is 1. The molecule has 0 aliphatic carbocycles. The van der Waals surface area contributed by atoms with Crippen LogP contribution >= 0.6 is 15.9 Å². The number of hydrogen-bond donors (Lipinski definition) is 1. The van der Waals surface area contributed by atoms with Gasteiger partial charge in [0.15, 0.2) is 0 Å². The van der Waals surface area contributed by atoms with E-state index in [4.69, 9.17) is 5.73 Å². The second-order valence-electron chi connectivity index (χ2n) is 3.99. The van der Waals surface area contributed by atoms with Crippen LogP contribution in [-0.4, -0.2) is 29.1 Å². The van der Waals surface area contributed by atoms with E-state index < -0.39 is 0 Å². The summed E-state index contributed by atoms with van der Waals surface area (Å²) in [7, 11) is 0. The molecule has 0 bridgehead atoms. The standard InChI is InChI=1S/C10H15BrN4/c1-6-9(11)10(14-7(2)13-6)15-4-3-8(12)5-15/h8H,3-5,12H2,1-2H3. The van der Waals surface area contributed by atoms with E-state index in [2.05, 4.69) is 30.8 Å². The molecule has 1 aromatic heterocycles. The molecule has 1 aromatic rings. The first-order chi connectivity index (χ1) is 7.08. The van der Waals surface area contributed by atoms with E-state index in [-0.39, 0.29) is 6.04 Å². The molecular formula is C10H15BrN4. The van der Waals surface area contributed by atoms with Crippen LogP contribution in [0.4, 0.5) is 5.82 Å². The molecule has 4 nitrogen and oxygen atoms in total. The minimum absolute atomic E-state index is 0.271. The Morgan fingerprint density at radius 2 is 2.13 bits per heavy atom. The number of aryl methyl sites for hydroxylation is 2. The summed E-state index contributed by atoms with van der Waals surface area (Å²) in [6.07, 6.45) is 1.04. The molecule has 0 saturated carbocycles. The van der Waals surface area contributed by atoms with E-state index >= 15 is 0 Å². The molecule has 2 heterocycles. The predicted molar refractivity (Wildman–Crippen MR) is 64.0 cm³/mol. The van der Waals surface area contributed by atoms with Crippen LogP contribution in [-0.2, 0) is 0 Å². The van der Waals surface area contributed by atoms with Gasteiger partial charge in [0, 0.05) is 19.1 Å². The van der Waals surface area contributed by atoms with Crippen molar-refractivity contribution in [1.29, 1.82) is 0 Å². The van der Waals surface area contributed by atoms with E-state index in [1.54, 1.807) is 0 Å². The van der Waals surface area contributed by atoms with Crippen molar-refractivity contribution in [2.75, 3.05) is 18.0 Å². The fourth-order valence-electron chi connectivity index (χ4n) is 1.87. The maximum atomic E-state index is 5.89. The summed E-state index contributed by atoms with van der Waals surface area (Å²) in [6, 6.07) is 0.271. The Kier molecular flexibility index (Phi) is 2.93. The predicted octanol–water partition coefficient (Wildman–Crippen LogP) is 1.39. The maximum Gasteiger partial charge on any atom is 0.146 e. The van der Waals surface area contributed by atoms with Gasteiger partial charge >= 0.3 is 0 Å². The van der Waals surface area contributed by atoms with Crippen molar-refractivity contribution in [1.82, 2.24) is 9.97 Å². The first kappa shape index (κ1) is 10.8. The van der Waals surface area contributed by atoms with E-state index in [9.17, 15) is 0 Å². The van der Waals surface area contributed by atoms with Gasteiger partial charge in [-0.1, -0.05) is 0 Å². The van der Waals surface area contributed by atoms with Crippen LogP contribution in [0.15, 0.2) is 4.47 Å². The van der Waals surface area contributed by atoms with Crippen LogP contribution in [0.25, 0.3) is 0 Å². The van der Waals surface area contributed by atoms with Crippen molar-refractivity contribution in [3.8, 4) is 0 Å². The van der Waals surface area contributed by atoms with E-state index in [0.717, 1.165) is 41.3 Å². The lowest BCUT2D eigenvalue weighted by atomic mass is 10.3. The van der Waals surface area contributed by atoms with Crippen LogP contribution in [0.5, 0.6) is 0 Å². The Hall–Kier alpha value is -0.680. The van der Waals surface area contributed by atoms with Gasteiger partial charge in [-0.3, -0.25) is 0 Å². The summed E-state index contributed by atoms with van der Waals surface area (Å²) in [5.41, 5.74) is 6.87. The Bertz CT molecular complexity index is 380. The van der Waals surface area contributed by atoms with Crippen molar-refractivity contribution < 1.29 is 0 Å². The van der Waals surface area contributed by atoms with Gasteiger partial charge < -0.3 is 10.6 Å². The highest BCUT2D eigenvalue weighted by Crippen LogP contribution is 2.28. The molecule has 1 fully saturated rings. The monoisotopic (exact) mass is 270 g/mol. The fourth-order valence-corrected chi connectivity index (χ4v) is 2.30. The molecule has 2 N–H and O–H groups in total. The van der Waals surface area contributed by atoms with E-state index in [1.807, 2.05) is 13.8 Å². The fraction of sp³-hybridized carbons (Fsp3) is 0.600. The maximum absolute atomic E-state index is 5.89. The highest BCUT2D eigenvalue weighted by molar-refractivity contribution is 9.10. The summed E-state index contributed by atoms with van der Waals surface area (Å²) in [5, 5.41) is 0. The summed E-state index contributed by atoms with van der Waals surface area (Å²) in [4.78, 5) is 11.0. The van der Waals surface area contributed by atoms with Crippen LogP contribution in [0, 0.1) is 13.8 Å². The first-order valence-electron chi connectivity index (χ1n) is 5.09. The van der Waals surface area contributed by atoms with Gasteiger partial charge in [-0.25, -0.2) is 9.97 Å². The third-order valence-corrected chi connectivity index (χ3v) is 3.56. The van der Waals surface area contributed by atoms with Gasteiger partial charge in [0.1, 0.15) is 11.6 Å². The first-order valence-corrected chi connectivity index (χ1v) is 5.88. The molecule has 0 amide bonds. The summed E-state index contributed by atoms with van der Waals surface area (Å²) >= 11 is 3.54. The van der Waals surface area contributed by atoms with Crippen LogP contribution in [0.3, 0.4) is 0 Å². The number of halogens is 1. The second kappa shape index (κ2) is 4.06. The van der Waals surface area contributed by atoms with Gasteiger partial charge in [0.05, 0.1) is 10.2 Å². The Morgan fingerprint density at radius 3 is 2.73 bits per heavy atom. The highest BCUT2D eigenvalue weighted by atomic mass is 79.9. The zero-order valence-electron chi connectivity index (χ0n) is 9.00. The third-order valence-electron chi connectivity index (χ3n) is 2.64. The smallest absolute Gasteiger partial charge is 0.146 e. The number of anilines is 1. The van der Waals surface area contributed by atoms with Crippen molar-refractivity contribution in [2.24, 2.45) is 5.73 Å². The molecule has 82 valence electrons. The molecule has 5 heteroatoms. The molecule has 0 aromatic carbocycles. The summed E-state index contributed by atoms with van der Waals surface area (Å²) in [6.45, 7) is 5.77. The van der Waals surface area contributed by atoms with E-state index in [0.29, 0.717) is 0 Å². The molecule has 2 rings (SSSR count). The van der Waals surface area contributed by atoms with Gasteiger partial charge in [-0.2, -0.15) is 0 Å². The van der Waals surface area contributed by atoms with Gasteiger partial charge in [0.2, 0.25) is 0 Å². The highest BCUT2D eigenvalue weighted by Gasteiger charge is 2.23. The van der Waals surface area contributed by atoms with Crippen molar-refractivity contribution in [3.63, 3.8) is 0 Å². The molecular weight excluding hydrogens is 256 g/mol. The van der Waals surface area contributed by atoms with Crippen LogP contribution in [0.2, 0.25) is 0 Å². The van der Waals surface area contributed by atoms with Gasteiger partial charge in [-0.15, -0.1) is 0 Å². The van der Waals surface area contributed by atoms with Crippen molar-refractivity contribution >= 4 is 21.7 Å². The number of hydrogen-bond acceptors (Lipinski definition) is 4. The normalized spacial score (nSPS) is 21.1. The minimum atomic E-state index is 0.271. The summed E-state index contributed by atoms with van der Waals surface area (Å²) < 4.78 is 0.988. The van der Waals surface area contributed by atoms with Crippen LogP contribution in [0.1, 0.15) is 17.9 Å². The van der Waals surface area contributed by atoms with Crippen molar-refractivity contribution in [2.45, 2.75) is 26.3 Å². The number of aromatic nitrogens is 2. The average molecular weight is 271 g/mol. The van der Waals surface area contributed by atoms with Crippen LogP contribution < -0.4 is 10.6 Å². The Labute approximate surface area is 98.0 Å². The molecule has 1 aliphatic rings.